The molecule has 0 radical (unpaired) electrons. The summed E-state index contributed by atoms with van der Waals surface area (Å²) in [4.78, 5) is 19.7. The number of aromatic nitrogens is 1. The van der Waals surface area contributed by atoms with Crippen LogP contribution in [0.2, 0.25) is 0 Å². The maximum absolute atomic E-state index is 13.5. The average Bonchev–Trinajstić information content (AvgIpc) is 3.74. The monoisotopic (exact) mass is 541 g/mol. The van der Waals surface area contributed by atoms with Gasteiger partial charge in [0.1, 0.15) is 0 Å². The SMILES string of the molecule is CCS(=O)(=O)c1ccc(CNC(=O)N2CC3(CCCC3)c3cc(-c4ccccc4-c4cnco4)ccc32)cc1. The minimum atomic E-state index is -3.25. The van der Waals surface area contributed by atoms with Crippen molar-refractivity contribution in [3.63, 3.8) is 0 Å². The molecule has 39 heavy (non-hydrogen) atoms. The quantitative estimate of drug-likeness (QED) is 0.307. The molecule has 0 atom stereocenters. The van der Waals surface area contributed by atoms with E-state index in [1.54, 1.807) is 37.4 Å². The van der Waals surface area contributed by atoms with E-state index in [0.717, 1.165) is 59.4 Å². The first-order valence-corrected chi connectivity index (χ1v) is 15.1. The van der Waals surface area contributed by atoms with E-state index in [1.807, 2.05) is 23.1 Å². The number of carbonyl (C=O) groups excluding carboxylic acids is 1. The van der Waals surface area contributed by atoms with Crippen LogP contribution in [0.25, 0.3) is 22.5 Å². The number of nitrogens with zero attached hydrogens (tertiary/aromatic N) is 2. The number of rotatable bonds is 6. The Morgan fingerprint density at radius 2 is 1.77 bits per heavy atom. The highest BCUT2D eigenvalue weighted by atomic mass is 32.2. The second kappa shape index (κ2) is 10.0. The fraction of sp³-hybridized carbons (Fsp3) is 0.290. The van der Waals surface area contributed by atoms with Crippen molar-refractivity contribution < 1.29 is 17.6 Å². The van der Waals surface area contributed by atoms with Gasteiger partial charge in [-0.15, -0.1) is 0 Å². The number of hydrogen-bond acceptors (Lipinski definition) is 5. The summed E-state index contributed by atoms with van der Waals surface area (Å²) in [5.74, 6) is 0.787. The summed E-state index contributed by atoms with van der Waals surface area (Å²) in [6.07, 6.45) is 7.60. The van der Waals surface area contributed by atoms with Crippen molar-refractivity contribution in [2.75, 3.05) is 17.2 Å². The van der Waals surface area contributed by atoms with Gasteiger partial charge in [-0.1, -0.05) is 62.2 Å². The third-order valence-electron chi connectivity index (χ3n) is 8.17. The highest BCUT2D eigenvalue weighted by molar-refractivity contribution is 7.91. The molecular weight excluding hydrogens is 510 g/mol. The summed E-state index contributed by atoms with van der Waals surface area (Å²) in [6, 6.07) is 21.2. The number of urea groups is 1. The van der Waals surface area contributed by atoms with Crippen molar-refractivity contribution in [3.8, 4) is 22.5 Å². The molecule has 2 heterocycles. The summed E-state index contributed by atoms with van der Waals surface area (Å²) in [5.41, 5.74) is 6.15. The van der Waals surface area contributed by atoms with Gasteiger partial charge in [-0.25, -0.2) is 18.2 Å². The van der Waals surface area contributed by atoms with Crippen molar-refractivity contribution in [2.24, 2.45) is 0 Å². The molecule has 0 bridgehead atoms. The maximum Gasteiger partial charge on any atom is 0.322 e. The van der Waals surface area contributed by atoms with E-state index in [1.165, 1.54) is 12.0 Å². The van der Waals surface area contributed by atoms with E-state index in [9.17, 15) is 13.2 Å². The van der Waals surface area contributed by atoms with Crippen LogP contribution in [0.4, 0.5) is 10.5 Å². The summed E-state index contributed by atoms with van der Waals surface area (Å²) in [5, 5.41) is 3.05. The number of hydrogen-bond donors (Lipinski definition) is 1. The molecule has 3 aromatic carbocycles. The molecule has 7 nitrogen and oxygen atoms in total. The highest BCUT2D eigenvalue weighted by Gasteiger charge is 2.46. The standard InChI is InChI=1S/C31H31N3O4S/c1-2-39(36,37)24-12-9-22(10-13-24)18-33-30(35)34-20-31(15-5-6-16-31)27-17-23(11-14-28(27)34)25-7-3-4-8-26(25)29-19-32-21-38-29/h3-4,7-14,17,19,21H,2,5-6,15-16,18,20H2,1H3,(H,33,35). The van der Waals surface area contributed by atoms with Crippen LogP contribution in [0, 0.1) is 0 Å². The summed E-state index contributed by atoms with van der Waals surface area (Å²) in [7, 11) is -3.25. The number of amides is 2. The number of sulfone groups is 1. The molecule has 1 N–H and O–H groups in total. The van der Waals surface area contributed by atoms with Gasteiger partial charge >= 0.3 is 6.03 Å². The Kier molecular flexibility index (Phi) is 6.51. The minimum absolute atomic E-state index is 0.0416. The van der Waals surface area contributed by atoms with Gasteiger partial charge in [0, 0.05) is 29.8 Å². The van der Waals surface area contributed by atoms with Gasteiger partial charge in [0.15, 0.2) is 22.0 Å². The van der Waals surface area contributed by atoms with Crippen LogP contribution in [-0.4, -0.2) is 31.7 Å². The number of benzene rings is 3. The fourth-order valence-electron chi connectivity index (χ4n) is 6.05. The zero-order valence-electron chi connectivity index (χ0n) is 21.9. The van der Waals surface area contributed by atoms with Crippen LogP contribution in [0.1, 0.15) is 43.7 Å². The molecular formula is C31H31N3O4S. The third-order valence-corrected chi connectivity index (χ3v) is 9.92. The van der Waals surface area contributed by atoms with E-state index >= 15 is 0 Å². The van der Waals surface area contributed by atoms with Gasteiger partial charge in [-0.3, -0.25) is 4.90 Å². The number of anilines is 1. The number of nitrogens with one attached hydrogen (secondary N) is 1. The van der Waals surface area contributed by atoms with E-state index in [2.05, 4.69) is 34.6 Å². The zero-order chi connectivity index (χ0) is 27.0. The largest absolute Gasteiger partial charge is 0.443 e. The molecule has 2 amide bonds. The van der Waals surface area contributed by atoms with E-state index < -0.39 is 9.84 Å². The predicted molar refractivity (Wildman–Crippen MR) is 151 cm³/mol. The smallest absolute Gasteiger partial charge is 0.322 e. The average molecular weight is 542 g/mol. The molecule has 4 aromatic rings. The lowest BCUT2D eigenvalue weighted by Gasteiger charge is -2.25. The van der Waals surface area contributed by atoms with Crippen molar-refractivity contribution in [1.29, 1.82) is 0 Å². The molecule has 1 fully saturated rings. The molecule has 1 aromatic heterocycles. The van der Waals surface area contributed by atoms with Gasteiger partial charge in [0.25, 0.3) is 0 Å². The first-order valence-electron chi connectivity index (χ1n) is 13.4. The van der Waals surface area contributed by atoms with Crippen molar-refractivity contribution in [2.45, 2.75) is 49.5 Å². The molecule has 2 aliphatic rings. The Morgan fingerprint density at radius 3 is 2.46 bits per heavy atom. The lowest BCUT2D eigenvalue weighted by atomic mass is 9.79. The van der Waals surface area contributed by atoms with Crippen LogP contribution >= 0.6 is 0 Å². The van der Waals surface area contributed by atoms with Crippen LogP contribution in [0.5, 0.6) is 0 Å². The Balaban J connectivity index is 1.27. The molecule has 200 valence electrons. The summed E-state index contributed by atoms with van der Waals surface area (Å²) < 4.78 is 29.8. The van der Waals surface area contributed by atoms with Crippen LogP contribution in [-0.2, 0) is 21.8 Å². The molecule has 1 saturated carbocycles. The first kappa shape index (κ1) is 25.4. The molecule has 6 rings (SSSR count). The second-order valence-electron chi connectivity index (χ2n) is 10.4. The van der Waals surface area contributed by atoms with Gasteiger partial charge in [0.2, 0.25) is 0 Å². The first-order chi connectivity index (χ1) is 18.9. The van der Waals surface area contributed by atoms with Crippen molar-refractivity contribution in [3.05, 3.63) is 90.4 Å². The fourth-order valence-corrected chi connectivity index (χ4v) is 6.93. The molecule has 0 saturated heterocycles. The molecule has 8 heteroatoms. The van der Waals surface area contributed by atoms with Crippen molar-refractivity contribution in [1.82, 2.24) is 10.3 Å². The van der Waals surface area contributed by atoms with E-state index in [-0.39, 0.29) is 17.2 Å². The Bertz CT molecular complexity index is 1610. The van der Waals surface area contributed by atoms with Crippen LogP contribution < -0.4 is 10.2 Å². The van der Waals surface area contributed by atoms with Gasteiger partial charge < -0.3 is 9.73 Å². The topological polar surface area (TPSA) is 92.5 Å². The Hall–Kier alpha value is -3.91. The Labute approximate surface area is 228 Å². The zero-order valence-corrected chi connectivity index (χ0v) is 22.7. The lowest BCUT2D eigenvalue weighted by molar-refractivity contribution is 0.245. The van der Waals surface area contributed by atoms with Crippen LogP contribution in [0.15, 0.2) is 88.6 Å². The maximum atomic E-state index is 13.5. The minimum Gasteiger partial charge on any atom is -0.443 e. The molecule has 1 aliphatic carbocycles. The van der Waals surface area contributed by atoms with E-state index in [0.29, 0.717) is 18.0 Å². The number of oxazole rings is 1. The van der Waals surface area contributed by atoms with Crippen LogP contribution in [0.3, 0.4) is 0 Å². The predicted octanol–water partition coefficient (Wildman–Crippen LogP) is 6.34. The highest BCUT2D eigenvalue weighted by Crippen LogP contribution is 2.51. The van der Waals surface area contributed by atoms with Gasteiger partial charge in [-0.2, -0.15) is 0 Å². The molecule has 1 spiro atoms. The van der Waals surface area contributed by atoms with Crippen molar-refractivity contribution >= 4 is 21.6 Å². The summed E-state index contributed by atoms with van der Waals surface area (Å²) in [6.45, 7) is 2.62. The molecule has 0 unspecified atom stereocenters. The van der Waals surface area contributed by atoms with Gasteiger partial charge in [-0.05, 0) is 59.4 Å². The van der Waals surface area contributed by atoms with E-state index in [4.69, 9.17) is 4.42 Å². The molecule has 1 aliphatic heterocycles. The number of carbonyl (C=O) groups is 1. The lowest BCUT2D eigenvalue weighted by Crippen LogP contribution is -2.41. The Morgan fingerprint density at radius 1 is 1.03 bits per heavy atom. The normalized spacial score (nSPS) is 16.0. The third kappa shape index (κ3) is 4.63. The summed E-state index contributed by atoms with van der Waals surface area (Å²) >= 11 is 0. The second-order valence-corrected chi connectivity index (χ2v) is 12.7. The number of fused-ring (bicyclic) bond motifs is 2. The van der Waals surface area contributed by atoms with Gasteiger partial charge in [0.05, 0.1) is 16.8 Å².